The lowest BCUT2D eigenvalue weighted by Crippen LogP contribution is -2.24. The van der Waals surface area contributed by atoms with Crippen molar-refractivity contribution in [2.45, 2.75) is 0 Å². The Balaban J connectivity index is 2.32. The van der Waals surface area contributed by atoms with Gasteiger partial charge in [-0.1, -0.05) is 48.5 Å². The third kappa shape index (κ3) is 1.97. The van der Waals surface area contributed by atoms with Gasteiger partial charge in [0.2, 0.25) is 0 Å². The van der Waals surface area contributed by atoms with E-state index in [0.29, 0.717) is 11.1 Å². The van der Waals surface area contributed by atoms with E-state index in [0.717, 1.165) is 5.56 Å². The molecule has 0 unspecified atom stereocenters. The maximum absolute atomic E-state index is 12.2. The first-order valence-corrected chi connectivity index (χ1v) is 6.09. The van der Waals surface area contributed by atoms with E-state index in [2.05, 4.69) is 4.98 Å². The van der Waals surface area contributed by atoms with Gasteiger partial charge in [-0.2, -0.15) is 0 Å². The molecule has 0 radical (unpaired) electrons. The zero-order valence-corrected chi connectivity index (χ0v) is 10.4. The molecule has 0 aliphatic carbocycles. The van der Waals surface area contributed by atoms with Crippen LogP contribution in [0.4, 0.5) is 0 Å². The molecule has 0 saturated heterocycles. The van der Waals surface area contributed by atoms with Gasteiger partial charge in [-0.05, 0) is 17.0 Å². The van der Waals surface area contributed by atoms with Gasteiger partial charge in [0.1, 0.15) is 0 Å². The van der Waals surface area contributed by atoms with Crippen molar-refractivity contribution in [2.75, 3.05) is 0 Å². The number of pyridine rings is 1. The molecule has 4 heteroatoms. The largest absolute Gasteiger partial charge is 0.545 e. The Morgan fingerprint density at radius 2 is 1.75 bits per heavy atom. The summed E-state index contributed by atoms with van der Waals surface area (Å²) >= 11 is 0. The van der Waals surface area contributed by atoms with E-state index in [1.54, 1.807) is 18.2 Å². The van der Waals surface area contributed by atoms with Crippen molar-refractivity contribution in [3.8, 4) is 11.3 Å². The second-order valence-corrected chi connectivity index (χ2v) is 4.44. The molecule has 0 amide bonds. The van der Waals surface area contributed by atoms with Crippen molar-refractivity contribution in [2.24, 2.45) is 0 Å². The molecule has 0 fully saturated rings. The van der Waals surface area contributed by atoms with E-state index < -0.39 is 11.5 Å². The number of carbonyl (C=O) groups excluding carboxylic acids is 1. The molecule has 0 bridgehead atoms. The molecule has 3 aromatic rings. The highest BCUT2D eigenvalue weighted by Crippen LogP contribution is 2.21. The summed E-state index contributed by atoms with van der Waals surface area (Å²) in [5.74, 6) is -1.35. The predicted molar refractivity (Wildman–Crippen MR) is 74.3 cm³/mol. The number of carboxylic acid groups (broad SMARTS) is 1. The molecule has 3 rings (SSSR count). The van der Waals surface area contributed by atoms with Crippen LogP contribution in [0.2, 0.25) is 0 Å². The summed E-state index contributed by atoms with van der Waals surface area (Å²) < 4.78 is 0. The van der Waals surface area contributed by atoms with Gasteiger partial charge in [-0.25, -0.2) is 0 Å². The number of carboxylic acids is 1. The summed E-state index contributed by atoms with van der Waals surface area (Å²) in [7, 11) is 0. The Hall–Kier alpha value is -2.88. The van der Waals surface area contributed by atoms with Crippen LogP contribution in [0.3, 0.4) is 0 Å². The van der Waals surface area contributed by atoms with Gasteiger partial charge < -0.3 is 14.9 Å². The molecule has 98 valence electrons. The van der Waals surface area contributed by atoms with E-state index in [1.807, 2.05) is 30.3 Å². The normalized spacial score (nSPS) is 10.6. The number of rotatable bonds is 2. The van der Waals surface area contributed by atoms with Gasteiger partial charge >= 0.3 is 0 Å². The van der Waals surface area contributed by atoms with Crippen molar-refractivity contribution < 1.29 is 9.90 Å². The van der Waals surface area contributed by atoms with E-state index in [9.17, 15) is 14.7 Å². The molecule has 1 N–H and O–H groups in total. The second-order valence-electron chi connectivity index (χ2n) is 4.44. The highest BCUT2D eigenvalue weighted by molar-refractivity contribution is 6.02. The predicted octanol–water partition coefficient (Wildman–Crippen LogP) is 1.56. The van der Waals surface area contributed by atoms with Gasteiger partial charge in [0, 0.05) is 11.3 Å². The Bertz CT molecular complexity index is 850. The average molecular weight is 264 g/mol. The minimum atomic E-state index is -1.35. The van der Waals surface area contributed by atoms with Gasteiger partial charge in [-0.15, -0.1) is 0 Å². The number of hydrogen-bond acceptors (Lipinski definition) is 3. The number of aromatic carboxylic acids is 1. The monoisotopic (exact) mass is 264 g/mol. The van der Waals surface area contributed by atoms with Crippen LogP contribution in [0.1, 0.15) is 10.4 Å². The van der Waals surface area contributed by atoms with Crippen LogP contribution in [-0.2, 0) is 0 Å². The molecule has 20 heavy (non-hydrogen) atoms. The fraction of sp³-hybridized carbons (Fsp3) is 0. The summed E-state index contributed by atoms with van der Waals surface area (Å²) in [6.07, 6.45) is 0. The summed E-state index contributed by atoms with van der Waals surface area (Å²) in [4.78, 5) is 25.9. The number of aromatic amines is 1. The van der Waals surface area contributed by atoms with E-state index in [-0.39, 0.29) is 10.9 Å². The molecule has 0 atom stereocenters. The molecule has 0 spiro atoms. The minimum absolute atomic E-state index is 0.0941. The SMILES string of the molecule is O=C([O-])c1cccc2cc(-c3ccccc3)[nH]c(=O)c12. The van der Waals surface area contributed by atoms with Crippen LogP contribution in [-0.4, -0.2) is 11.0 Å². The summed E-state index contributed by atoms with van der Waals surface area (Å²) in [5, 5.41) is 11.8. The van der Waals surface area contributed by atoms with Gasteiger partial charge in [0.15, 0.2) is 0 Å². The Kier molecular flexibility index (Phi) is 2.84. The first-order chi connectivity index (χ1) is 9.66. The molecule has 2 aromatic carbocycles. The first kappa shape index (κ1) is 12.2. The van der Waals surface area contributed by atoms with Crippen LogP contribution in [0.5, 0.6) is 0 Å². The molecule has 0 aliphatic rings. The average Bonchev–Trinajstić information content (AvgIpc) is 2.47. The van der Waals surface area contributed by atoms with Crippen molar-refractivity contribution in [1.82, 2.24) is 4.98 Å². The highest BCUT2D eigenvalue weighted by atomic mass is 16.4. The van der Waals surface area contributed by atoms with Crippen LogP contribution >= 0.6 is 0 Å². The number of benzene rings is 2. The quantitative estimate of drug-likeness (QED) is 0.763. The summed E-state index contributed by atoms with van der Waals surface area (Å²) in [6.45, 7) is 0. The Morgan fingerprint density at radius 1 is 1.00 bits per heavy atom. The van der Waals surface area contributed by atoms with Crippen LogP contribution in [0.25, 0.3) is 22.0 Å². The number of carbonyl (C=O) groups is 1. The summed E-state index contributed by atoms with van der Waals surface area (Å²) in [5.41, 5.74) is 0.994. The standard InChI is InChI=1S/C16H11NO3/c18-15-14-11(7-4-8-12(14)16(19)20)9-13(17-15)10-5-2-1-3-6-10/h1-9H,(H,17,18)(H,19,20)/p-1. The topological polar surface area (TPSA) is 73.0 Å². The van der Waals surface area contributed by atoms with Gasteiger partial charge in [0.05, 0.1) is 11.4 Å². The van der Waals surface area contributed by atoms with E-state index in [1.165, 1.54) is 6.07 Å². The zero-order valence-electron chi connectivity index (χ0n) is 10.4. The Labute approximate surface area is 114 Å². The van der Waals surface area contributed by atoms with Crippen molar-refractivity contribution in [3.05, 3.63) is 70.5 Å². The lowest BCUT2D eigenvalue weighted by atomic mass is 10.0. The van der Waals surface area contributed by atoms with Crippen molar-refractivity contribution in [3.63, 3.8) is 0 Å². The number of hydrogen-bond donors (Lipinski definition) is 1. The van der Waals surface area contributed by atoms with E-state index >= 15 is 0 Å². The molecule has 0 saturated carbocycles. The number of H-pyrrole nitrogens is 1. The van der Waals surface area contributed by atoms with Crippen LogP contribution in [0, 0.1) is 0 Å². The van der Waals surface area contributed by atoms with Crippen molar-refractivity contribution in [1.29, 1.82) is 0 Å². The zero-order chi connectivity index (χ0) is 14.1. The van der Waals surface area contributed by atoms with Gasteiger partial charge in [0.25, 0.3) is 5.56 Å². The molecule has 1 aromatic heterocycles. The number of aromatic nitrogens is 1. The van der Waals surface area contributed by atoms with Crippen LogP contribution < -0.4 is 10.7 Å². The minimum Gasteiger partial charge on any atom is -0.545 e. The molecule has 0 aliphatic heterocycles. The van der Waals surface area contributed by atoms with Gasteiger partial charge in [-0.3, -0.25) is 4.79 Å². The maximum Gasteiger partial charge on any atom is 0.256 e. The smallest absolute Gasteiger partial charge is 0.256 e. The molecular weight excluding hydrogens is 254 g/mol. The fourth-order valence-electron chi connectivity index (χ4n) is 2.26. The third-order valence-corrected chi connectivity index (χ3v) is 3.18. The lowest BCUT2D eigenvalue weighted by molar-refractivity contribution is -0.254. The molecule has 1 heterocycles. The molecular formula is C16H10NO3-. The molecule has 4 nitrogen and oxygen atoms in total. The van der Waals surface area contributed by atoms with Crippen molar-refractivity contribution >= 4 is 16.7 Å². The number of fused-ring (bicyclic) bond motifs is 1. The lowest BCUT2D eigenvalue weighted by Gasteiger charge is -2.08. The fourth-order valence-corrected chi connectivity index (χ4v) is 2.26. The maximum atomic E-state index is 12.2. The third-order valence-electron chi connectivity index (χ3n) is 3.18. The van der Waals surface area contributed by atoms with E-state index in [4.69, 9.17) is 0 Å². The first-order valence-electron chi connectivity index (χ1n) is 6.09. The van der Waals surface area contributed by atoms with Crippen LogP contribution in [0.15, 0.2) is 59.4 Å². The highest BCUT2D eigenvalue weighted by Gasteiger charge is 2.08. The summed E-state index contributed by atoms with van der Waals surface area (Å²) in [6, 6.07) is 15.8. The Morgan fingerprint density at radius 3 is 2.45 bits per heavy atom. The number of nitrogens with one attached hydrogen (secondary N) is 1. The second kappa shape index (κ2) is 4.66.